The van der Waals surface area contributed by atoms with Gasteiger partial charge in [0.25, 0.3) is 0 Å². The van der Waals surface area contributed by atoms with Crippen molar-refractivity contribution in [3.63, 3.8) is 0 Å². The van der Waals surface area contributed by atoms with Crippen molar-refractivity contribution in [3.8, 4) is 5.75 Å². The molecule has 0 unspecified atom stereocenters. The highest BCUT2D eigenvalue weighted by Gasteiger charge is 2.24. The minimum absolute atomic E-state index is 0.105. The van der Waals surface area contributed by atoms with Crippen LogP contribution in [-0.2, 0) is 19.6 Å². The number of anilines is 2. The number of halogens is 1. The fourth-order valence-corrected chi connectivity index (χ4v) is 3.74. The van der Waals surface area contributed by atoms with E-state index in [1.807, 2.05) is 0 Å². The Bertz CT molecular complexity index is 1030. The van der Waals surface area contributed by atoms with E-state index < -0.39 is 28.4 Å². The smallest absolute Gasteiger partial charge is 0.339 e. The third-order valence-corrected chi connectivity index (χ3v) is 5.31. The molecular weight excluding hydrogens is 432 g/mol. The number of ether oxygens (including phenoxy) is 2. The highest BCUT2D eigenvalue weighted by atomic mass is 35.5. The molecule has 1 amide bonds. The molecule has 0 aliphatic heterocycles. The minimum Gasteiger partial charge on any atom is -0.492 e. The molecule has 0 bridgehead atoms. The van der Waals surface area contributed by atoms with E-state index in [1.54, 1.807) is 38.1 Å². The van der Waals surface area contributed by atoms with E-state index in [4.69, 9.17) is 21.1 Å². The van der Waals surface area contributed by atoms with Gasteiger partial charge in [0, 0.05) is 5.69 Å². The van der Waals surface area contributed by atoms with Crippen molar-refractivity contribution >= 4 is 44.9 Å². The van der Waals surface area contributed by atoms with Crippen LogP contribution in [0.1, 0.15) is 24.2 Å². The van der Waals surface area contributed by atoms with E-state index in [1.165, 1.54) is 18.2 Å². The fraction of sp³-hybridized carbons (Fsp3) is 0.300. The third kappa shape index (κ3) is 6.11. The summed E-state index contributed by atoms with van der Waals surface area (Å²) < 4.78 is 36.0. The average Bonchev–Trinajstić information content (AvgIpc) is 2.66. The molecule has 0 spiro atoms. The lowest BCUT2D eigenvalue weighted by atomic mass is 10.2. The summed E-state index contributed by atoms with van der Waals surface area (Å²) in [7, 11) is -3.77. The Morgan fingerprint density at radius 3 is 2.40 bits per heavy atom. The molecule has 0 atom stereocenters. The van der Waals surface area contributed by atoms with E-state index in [9.17, 15) is 18.0 Å². The molecule has 0 saturated carbocycles. The lowest BCUT2D eigenvalue weighted by Crippen LogP contribution is -2.37. The predicted molar refractivity (Wildman–Crippen MR) is 116 cm³/mol. The Morgan fingerprint density at radius 2 is 1.80 bits per heavy atom. The van der Waals surface area contributed by atoms with Crippen molar-refractivity contribution < 1.29 is 27.5 Å². The maximum absolute atomic E-state index is 12.6. The van der Waals surface area contributed by atoms with E-state index >= 15 is 0 Å². The number of sulfonamides is 1. The van der Waals surface area contributed by atoms with Gasteiger partial charge in [-0.2, -0.15) is 0 Å². The van der Waals surface area contributed by atoms with Crippen molar-refractivity contribution in [1.29, 1.82) is 0 Å². The molecule has 8 nitrogen and oxygen atoms in total. The van der Waals surface area contributed by atoms with Crippen LogP contribution in [0.5, 0.6) is 5.75 Å². The number of rotatable bonds is 9. The van der Waals surface area contributed by atoms with Gasteiger partial charge in [-0.1, -0.05) is 23.7 Å². The Balaban J connectivity index is 2.22. The first-order valence-corrected chi connectivity index (χ1v) is 11.4. The van der Waals surface area contributed by atoms with Gasteiger partial charge in [-0.25, -0.2) is 13.2 Å². The Morgan fingerprint density at radius 1 is 1.10 bits per heavy atom. The number of carbonyl (C=O) groups is 2. The van der Waals surface area contributed by atoms with Crippen LogP contribution >= 0.6 is 11.6 Å². The lowest BCUT2D eigenvalue weighted by Gasteiger charge is -2.24. The zero-order valence-corrected chi connectivity index (χ0v) is 18.4. The molecule has 0 aliphatic rings. The summed E-state index contributed by atoms with van der Waals surface area (Å²) in [6, 6.07) is 10.9. The molecular formula is C20H23ClN2O6S. The quantitative estimate of drug-likeness (QED) is 0.583. The number of carbonyl (C=O) groups excluding carboxylic acids is 2. The van der Waals surface area contributed by atoms with Gasteiger partial charge in [0.15, 0.2) is 0 Å². The van der Waals surface area contributed by atoms with E-state index in [-0.39, 0.29) is 22.9 Å². The summed E-state index contributed by atoms with van der Waals surface area (Å²) >= 11 is 6.10. The molecule has 0 heterocycles. The summed E-state index contributed by atoms with van der Waals surface area (Å²) in [5.41, 5.74) is 0.734. The molecule has 0 saturated heterocycles. The monoisotopic (exact) mass is 454 g/mol. The van der Waals surface area contributed by atoms with E-state index in [0.29, 0.717) is 18.0 Å². The number of benzene rings is 2. The number of hydrogen-bond acceptors (Lipinski definition) is 6. The highest BCUT2D eigenvalue weighted by Crippen LogP contribution is 2.30. The Labute approximate surface area is 180 Å². The van der Waals surface area contributed by atoms with Crippen LogP contribution in [0.4, 0.5) is 11.4 Å². The number of hydrogen-bond donors (Lipinski definition) is 1. The van der Waals surface area contributed by atoms with E-state index in [0.717, 1.165) is 10.6 Å². The van der Waals surface area contributed by atoms with Gasteiger partial charge in [-0.05, 0) is 44.2 Å². The van der Waals surface area contributed by atoms with Crippen LogP contribution in [0.15, 0.2) is 42.5 Å². The second kappa shape index (κ2) is 10.3. The van der Waals surface area contributed by atoms with Crippen LogP contribution in [0, 0.1) is 0 Å². The van der Waals surface area contributed by atoms with Gasteiger partial charge in [0.1, 0.15) is 12.3 Å². The summed E-state index contributed by atoms with van der Waals surface area (Å²) in [4.78, 5) is 24.4. The first-order chi connectivity index (χ1) is 14.2. The summed E-state index contributed by atoms with van der Waals surface area (Å²) in [5, 5.41) is 2.69. The van der Waals surface area contributed by atoms with Crippen molar-refractivity contribution in [2.24, 2.45) is 0 Å². The molecule has 0 aromatic heterocycles. The van der Waals surface area contributed by atoms with Crippen molar-refractivity contribution in [2.75, 3.05) is 35.6 Å². The predicted octanol–water partition coefficient (Wildman–Crippen LogP) is 3.32. The molecule has 0 aliphatic carbocycles. The summed E-state index contributed by atoms with van der Waals surface area (Å²) in [6.45, 7) is 3.53. The second-order valence-corrected chi connectivity index (χ2v) is 8.45. The zero-order valence-electron chi connectivity index (χ0n) is 16.8. The number of para-hydroxylation sites is 2. The van der Waals surface area contributed by atoms with Crippen LogP contribution in [0.3, 0.4) is 0 Å². The van der Waals surface area contributed by atoms with Gasteiger partial charge >= 0.3 is 5.97 Å². The van der Waals surface area contributed by atoms with Crippen molar-refractivity contribution in [3.05, 3.63) is 53.1 Å². The summed E-state index contributed by atoms with van der Waals surface area (Å²) in [5.74, 6) is -0.817. The van der Waals surface area contributed by atoms with E-state index in [2.05, 4.69) is 5.32 Å². The van der Waals surface area contributed by atoms with Gasteiger partial charge in [-0.15, -0.1) is 0 Å². The normalized spacial score (nSPS) is 10.9. The summed E-state index contributed by atoms with van der Waals surface area (Å²) in [6.07, 6.45) is 1.01. The largest absolute Gasteiger partial charge is 0.492 e. The number of nitrogens with zero attached hydrogens (tertiary/aromatic N) is 1. The SMILES string of the molecule is CCOC(=O)c1ccc(NC(=O)CN(c2ccccc2OCC)S(C)(=O)=O)cc1Cl. The van der Waals surface area contributed by atoms with Crippen molar-refractivity contribution in [1.82, 2.24) is 0 Å². The molecule has 0 radical (unpaired) electrons. The maximum Gasteiger partial charge on any atom is 0.339 e. The molecule has 162 valence electrons. The van der Waals surface area contributed by atoms with Gasteiger partial charge in [0.05, 0.1) is 35.7 Å². The van der Waals surface area contributed by atoms with Crippen molar-refractivity contribution in [2.45, 2.75) is 13.8 Å². The molecule has 30 heavy (non-hydrogen) atoms. The van der Waals surface area contributed by atoms with Gasteiger partial charge < -0.3 is 14.8 Å². The third-order valence-electron chi connectivity index (χ3n) is 3.87. The second-order valence-electron chi connectivity index (χ2n) is 6.13. The first-order valence-electron chi connectivity index (χ1n) is 9.13. The fourth-order valence-electron chi connectivity index (χ4n) is 2.62. The lowest BCUT2D eigenvalue weighted by molar-refractivity contribution is -0.114. The molecule has 2 aromatic rings. The average molecular weight is 455 g/mol. The molecule has 2 rings (SSSR count). The highest BCUT2D eigenvalue weighted by molar-refractivity contribution is 7.92. The molecule has 2 aromatic carbocycles. The van der Waals surface area contributed by atoms with Gasteiger partial charge in [-0.3, -0.25) is 9.10 Å². The molecule has 10 heteroatoms. The topological polar surface area (TPSA) is 102 Å². The standard InChI is InChI=1S/C20H23ClN2O6S/c1-4-28-18-9-7-6-8-17(18)23(30(3,26)27)13-19(24)22-14-10-11-15(16(21)12-14)20(25)29-5-2/h6-12H,4-5,13H2,1-3H3,(H,22,24). The zero-order chi connectivity index (χ0) is 22.3. The molecule has 1 N–H and O–H groups in total. The van der Waals surface area contributed by atoms with Gasteiger partial charge in [0.2, 0.25) is 15.9 Å². The Hall–Kier alpha value is -2.78. The number of nitrogens with one attached hydrogen (secondary N) is 1. The number of amides is 1. The van der Waals surface area contributed by atoms with Crippen LogP contribution < -0.4 is 14.4 Å². The van der Waals surface area contributed by atoms with Crippen LogP contribution in [0.2, 0.25) is 5.02 Å². The minimum atomic E-state index is -3.77. The van der Waals surface area contributed by atoms with Crippen LogP contribution in [-0.4, -0.2) is 46.3 Å². The van der Waals surface area contributed by atoms with Crippen LogP contribution in [0.25, 0.3) is 0 Å². The number of esters is 1. The maximum atomic E-state index is 12.6. The molecule has 0 fully saturated rings. The Kier molecular flexibility index (Phi) is 8.08. The first kappa shape index (κ1) is 23.5.